The number of hydrogen-bond donors (Lipinski definition) is 1. The fraction of sp³-hybridized carbons (Fsp3) is 0.219. The SMILES string of the molecule is N=c1c2c(-c3ccccc3)c(-c3ccccc3)n(Cc3ccc(C=O)cc3)c2ncn1C1CCCCC1. The summed E-state index contributed by atoms with van der Waals surface area (Å²) >= 11 is 0. The summed E-state index contributed by atoms with van der Waals surface area (Å²) in [5.74, 6) is 0. The Morgan fingerprint density at radius 1 is 0.838 bits per heavy atom. The number of rotatable bonds is 6. The lowest BCUT2D eigenvalue weighted by Crippen LogP contribution is -2.27. The van der Waals surface area contributed by atoms with Crippen LogP contribution in [0.15, 0.2) is 91.3 Å². The summed E-state index contributed by atoms with van der Waals surface area (Å²) in [6, 6.07) is 28.8. The molecule has 0 atom stereocenters. The Balaban J connectivity index is 1.66. The van der Waals surface area contributed by atoms with Crippen molar-refractivity contribution in [3.63, 3.8) is 0 Å². The van der Waals surface area contributed by atoms with Crippen molar-refractivity contribution in [3.8, 4) is 22.4 Å². The van der Waals surface area contributed by atoms with E-state index < -0.39 is 0 Å². The summed E-state index contributed by atoms with van der Waals surface area (Å²) in [6.07, 6.45) is 8.62. The van der Waals surface area contributed by atoms with E-state index in [1.165, 1.54) is 19.3 Å². The molecule has 1 aliphatic carbocycles. The van der Waals surface area contributed by atoms with Crippen LogP contribution in [0.1, 0.15) is 54.1 Å². The number of aldehydes is 1. The molecule has 5 heteroatoms. The first-order valence-electron chi connectivity index (χ1n) is 13.1. The van der Waals surface area contributed by atoms with Crippen molar-refractivity contribution in [2.75, 3.05) is 0 Å². The second kappa shape index (κ2) is 10.0. The highest BCUT2D eigenvalue weighted by atomic mass is 16.1. The van der Waals surface area contributed by atoms with E-state index in [-0.39, 0.29) is 0 Å². The highest BCUT2D eigenvalue weighted by Crippen LogP contribution is 2.40. The van der Waals surface area contributed by atoms with Gasteiger partial charge in [-0.1, -0.05) is 104 Å². The third-order valence-electron chi connectivity index (χ3n) is 7.57. The predicted molar refractivity (Wildman–Crippen MR) is 148 cm³/mol. The van der Waals surface area contributed by atoms with Crippen LogP contribution in [0, 0.1) is 5.41 Å². The minimum absolute atomic E-state index is 0.321. The van der Waals surface area contributed by atoms with E-state index in [9.17, 15) is 10.2 Å². The summed E-state index contributed by atoms with van der Waals surface area (Å²) in [4.78, 5) is 16.2. The molecular formula is C32H30N4O. The van der Waals surface area contributed by atoms with E-state index in [1.807, 2.05) is 42.7 Å². The van der Waals surface area contributed by atoms with Gasteiger partial charge >= 0.3 is 0 Å². The van der Waals surface area contributed by atoms with Gasteiger partial charge in [-0.3, -0.25) is 10.2 Å². The van der Waals surface area contributed by atoms with Gasteiger partial charge in [-0.15, -0.1) is 0 Å². The molecule has 0 unspecified atom stereocenters. The average Bonchev–Trinajstić information content (AvgIpc) is 3.30. The van der Waals surface area contributed by atoms with Gasteiger partial charge in [0, 0.05) is 23.7 Å². The molecule has 0 spiro atoms. The average molecular weight is 487 g/mol. The predicted octanol–water partition coefficient (Wildman–Crippen LogP) is 7.02. The molecular weight excluding hydrogens is 456 g/mol. The van der Waals surface area contributed by atoms with Crippen LogP contribution in [-0.2, 0) is 6.54 Å². The van der Waals surface area contributed by atoms with Gasteiger partial charge in [-0.25, -0.2) is 4.98 Å². The highest BCUT2D eigenvalue weighted by Gasteiger charge is 2.25. The molecule has 1 saturated carbocycles. The van der Waals surface area contributed by atoms with E-state index >= 15 is 0 Å². The standard InChI is InChI=1S/C32H30N4O/c33-31-29-28(25-10-4-1-5-11-25)30(26-12-6-2-7-13-26)35(20-23-16-18-24(21-37)19-17-23)32(29)34-22-36(31)27-14-8-3-9-15-27/h1-2,4-7,10-13,16-19,21-22,27,33H,3,8-9,14-15,20H2. The largest absolute Gasteiger partial charge is 0.320 e. The van der Waals surface area contributed by atoms with E-state index in [0.29, 0.717) is 23.6 Å². The summed E-state index contributed by atoms with van der Waals surface area (Å²) in [5, 5.41) is 10.3. The lowest BCUT2D eigenvalue weighted by molar-refractivity contribution is 0.112. The van der Waals surface area contributed by atoms with Crippen molar-refractivity contribution in [2.24, 2.45) is 0 Å². The second-order valence-corrected chi connectivity index (χ2v) is 9.89. The Morgan fingerprint density at radius 3 is 2.14 bits per heavy atom. The molecule has 0 amide bonds. The number of carbonyl (C=O) groups is 1. The molecule has 37 heavy (non-hydrogen) atoms. The maximum absolute atomic E-state index is 11.2. The molecule has 3 aromatic carbocycles. The van der Waals surface area contributed by atoms with Crippen LogP contribution in [0.2, 0.25) is 0 Å². The number of nitrogens with zero attached hydrogens (tertiary/aromatic N) is 3. The first kappa shape index (κ1) is 23.2. The Kier molecular flexibility index (Phi) is 6.27. The van der Waals surface area contributed by atoms with Crippen LogP contribution in [0.25, 0.3) is 33.4 Å². The van der Waals surface area contributed by atoms with E-state index in [4.69, 9.17) is 4.98 Å². The molecule has 0 saturated heterocycles. The molecule has 0 aliphatic heterocycles. The maximum atomic E-state index is 11.2. The fourth-order valence-electron chi connectivity index (χ4n) is 5.72. The smallest absolute Gasteiger partial charge is 0.150 e. The quantitative estimate of drug-likeness (QED) is 0.262. The zero-order valence-corrected chi connectivity index (χ0v) is 20.8. The molecule has 0 bridgehead atoms. The molecule has 1 N–H and O–H groups in total. The summed E-state index contributed by atoms with van der Waals surface area (Å²) in [6.45, 7) is 0.590. The molecule has 2 aromatic heterocycles. The third-order valence-corrected chi connectivity index (χ3v) is 7.57. The molecule has 0 radical (unpaired) electrons. The zero-order valence-electron chi connectivity index (χ0n) is 20.8. The highest BCUT2D eigenvalue weighted by molar-refractivity contribution is 6.02. The van der Waals surface area contributed by atoms with Gasteiger partial charge in [0.2, 0.25) is 0 Å². The number of benzene rings is 3. The van der Waals surface area contributed by atoms with E-state index in [0.717, 1.165) is 58.1 Å². The lowest BCUT2D eigenvalue weighted by Gasteiger charge is -2.24. The van der Waals surface area contributed by atoms with Gasteiger partial charge in [0.25, 0.3) is 0 Å². The number of hydrogen-bond acceptors (Lipinski definition) is 3. The number of nitrogens with one attached hydrogen (secondary N) is 1. The molecule has 5 aromatic rings. The van der Waals surface area contributed by atoms with Gasteiger partial charge in [-0.05, 0) is 29.5 Å². The Labute approximate surface area is 216 Å². The van der Waals surface area contributed by atoms with Crippen LogP contribution < -0.4 is 5.49 Å². The fourth-order valence-corrected chi connectivity index (χ4v) is 5.72. The van der Waals surface area contributed by atoms with Crippen molar-refractivity contribution in [2.45, 2.75) is 44.7 Å². The van der Waals surface area contributed by atoms with Crippen LogP contribution in [0.5, 0.6) is 0 Å². The molecule has 6 rings (SSSR count). The van der Waals surface area contributed by atoms with E-state index in [1.54, 1.807) is 0 Å². The van der Waals surface area contributed by atoms with Gasteiger partial charge in [-0.2, -0.15) is 0 Å². The summed E-state index contributed by atoms with van der Waals surface area (Å²) in [7, 11) is 0. The van der Waals surface area contributed by atoms with Gasteiger partial charge in [0.05, 0.1) is 17.4 Å². The maximum Gasteiger partial charge on any atom is 0.150 e. The molecule has 184 valence electrons. The zero-order chi connectivity index (χ0) is 25.2. The second-order valence-electron chi connectivity index (χ2n) is 9.89. The molecule has 1 fully saturated rings. The minimum Gasteiger partial charge on any atom is -0.320 e. The Bertz CT molecular complexity index is 1590. The van der Waals surface area contributed by atoms with Crippen molar-refractivity contribution in [1.82, 2.24) is 14.1 Å². The first-order valence-corrected chi connectivity index (χ1v) is 13.1. The van der Waals surface area contributed by atoms with Crippen molar-refractivity contribution >= 4 is 17.3 Å². The monoisotopic (exact) mass is 486 g/mol. The number of aromatic nitrogens is 3. The van der Waals surface area contributed by atoms with Crippen LogP contribution in [-0.4, -0.2) is 20.4 Å². The lowest BCUT2D eigenvalue weighted by atomic mass is 9.95. The summed E-state index contributed by atoms with van der Waals surface area (Å²) < 4.78 is 4.35. The van der Waals surface area contributed by atoms with Gasteiger partial charge < -0.3 is 9.13 Å². The van der Waals surface area contributed by atoms with Crippen LogP contribution in [0.3, 0.4) is 0 Å². The van der Waals surface area contributed by atoms with Crippen molar-refractivity contribution in [1.29, 1.82) is 5.41 Å². The van der Waals surface area contributed by atoms with Gasteiger partial charge in [0.1, 0.15) is 17.4 Å². The van der Waals surface area contributed by atoms with Crippen molar-refractivity contribution < 1.29 is 4.79 Å². The van der Waals surface area contributed by atoms with Crippen molar-refractivity contribution in [3.05, 3.63) is 108 Å². The number of carbonyl (C=O) groups excluding carboxylic acids is 1. The minimum atomic E-state index is 0.321. The summed E-state index contributed by atoms with van der Waals surface area (Å²) in [5.41, 5.74) is 7.37. The molecule has 1 aliphatic rings. The number of fused-ring (bicyclic) bond motifs is 1. The molecule has 5 nitrogen and oxygen atoms in total. The van der Waals surface area contributed by atoms with Crippen LogP contribution >= 0.6 is 0 Å². The Morgan fingerprint density at radius 2 is 1.49 bits per heavy atom. The molecule has 2 heterocycles. The van der Waals surface area contributed by atoms with E-state index in [2.05, 4.69) is 57.7 Å². The van der Waals surface area contributed by atoms with Gasteiger partial charge in [0.15, 0.2) is 0 Å². The third kappa shape index (κ3) is 4.31. The normalized spacial score (nSPS) is 14.2. The Hall–Kier alpha value is -4.25. The first-order chi connectivity index (χ1) is 18.2. The topological polar surface area (TPSA) is 63.7 Å². The van der Waals surface area contributed by atoms with Crippen LogP contribution in [0.4, 0.5) is 0 Å².